The first-order chi connectivity index (χ1) is 27.6. The number of benzene rings is 2. The number of allylic oxidation sites excluding steroid dienone is 2. The molecule has 3 heterocycles. The van der Waals surface area contributed by atoms with Gasteiger partial charge in [0.2, 0.25) is 0 Å². The Morgan fingerprint density at radius 3 is 2.22 bits per heavy atom. The number of phenolic OH excluding ortho intramolecular Hbond substituents is 2. The van der Waals surface area contributed by atoms with Gasteiger partial charge < -0.3 is 49.4 Å². The summed E-state index contributed by atoms with van der Waals surface area (Å²) in [6, 6.07) is 1.26. The normalized spacial score (nSPS) is 29.9. The SMILES string of the molecule is CCN(C(=O)COc1cc2c(O)c3c(O)c(C)c4c(c13)C(=O)C(C)(O/C=C/C(OC)C(C)C(OC(C)=O)C(C)C(O)C(C)C(O)C(C)/C=C/C=C(\C)C(=O)N2)O4)N(C)C. The van der Waals surface area contributed by atoms with Crippen LogP contribution in [0.25, 0.3) is 10.8 Å². The lowest BCUT2D eigenvalue weighted by Gasteiger charge is -2.38. The predicted octanol–water partition coefficient (Wildman–Crippen LogP) is 4.75. The first kappa shape index (κ1) is 46.5. The average Bonchev–Trinajstić information content (AvgIpc) is 3.45. The molecule has 5 N–H and O–H groups in total. The van der Waals surface area contributed by atoms with Gasteiger partial charge in [0.1, 0.15) is 23.4 Å². The van der Waals surface area contributed by atoms with E-state index in [0.717, 1.165) is 0 Å². The van der Waals surface area contributed by atoms with Crippen LogP contribution in [0, 0.1) is 30.6 Å². The Morgan fingerprint density at radius 1 is 0.966 bits per heavy atom. The minimum absolute atomic E-state index is 0.0669. The van der Waals surface area contributed by atoms with E-state index in [1.54, 1.807) is 65.9 Å². The fraction of sp³-hybridized carbons (Fsp3) is 0.535. The maximum atomic E-state index is 14.5. The number of amides is 2. The van der Waals surface area contributed by atoms with Crippen LogP contribution in [0.3, 0.4) is 0 Å². The summed E-state index contributed by atoms with van der Waals surface area (Å²) in [7, 11) is 4.81. The third kappa shape index (κ3) is 9.51. The van der Waals surface area contributed by atoms with Gasteiger partial charge >= 0.3 is 11.8 Å². The highest BCUT2D eigenvalue weighted by Crippen LogP contribution is 2.54. The molecule has 9 unspecified atom stereocenters. The van der Waals surface area contributed by atoms with Crippen molar-refractivity contribution in [1.82, 2.24) is 10.0 Å². The molecule has 0 aliphatic carbocycles. The zero-order valence-corrected chi connectivity index (χ0v) is 35.9. The smallest absolute Gasteiger partial charge is 0.312 e. The number of anilines is 1. The Labute approximate surface area is 345 Å². The number of phenols is 2. The van der Waals surface area contributed by atoms with Gasteiger partial charge in [-0.05, 0) is 26.8 Å². The van der Waals surface area contributed by atoms with E-state index < -0.39 is 95.5 Å². The van der Waals surface area contributed by atoms with Crippen LogP contribution in [0.1, 0.15) is 71.3 Å². The van der Waals surface area contributed by atoms with Gasteiger partial charge in [0, 0.05) is 87.9 Å². The van der Waals surface area contributed by atoms with Crippen molar-refractivity contribution in [2.24, 2.45) is 23.7 Å². The van der Waals surface area contributed by atoms with Crippen LogP contribution in [0.5, 0.6) is 23.0 Å². The number of methoxy groups -OCH3 is 1. The molecule has 0 spiro atoms. The van der Waals surface area contributed by atoms with Crippen molar-refractivity contribution in [2.75, 3.05) is 39.7 Å². The van der Waals surface area contributed by atoms with E-state index in [1.807, 2.05) is 0 Å². The quantitative estimate of drug-likeness (QED) is 0.145. The van der Waals surface area contributed by atoms with Crippen molar-refractivity contribution in [2.45, 2.75) is 92.5 Å². The molecule has 0 aromatic heterocycles. The number of aliphatic hydroxyl groups is 2. The minimum Gasteiger partial charge on any atom is -0.507 e. The first-order valence-corrected chi connectivity index (χ1v) is 19.6. The van der Waals surface area contributed by atoms with Crippen molar-refractivity contribution < 1.29 is 63.3 Å². The average molecular weight is 826 g/mol. The summed E-state index contributed by atoms with van der Waals surface area (Å²) in [4.78, 5) is 53.6. The summed E-state index contributed by atoms with van der Waals surface area (Å²) in [6.07, 6.45) is 3.56. The van der Waals surface area contributed by atoms with Gasteiger partial charge in [-0.1, -0.05) is 45.9 Å². The number of aliphatic hydroxyl groups excluding tert-OH is 2. The summed E-state index contributed by atoms with van der Waals surface area (Å²) in [6.45, 7) is 14.1. The van der Waals surface area contributed by atoms with E-state index >= 15 is 0 Å². The molecule has 16 nitrogen and oxygen atoms in total. The van der Waals surface area contributed by atoms with Crippen molar-refractivity contribution in [3.05, 3.63) is 53.3 Å². The highest BCUT2D eigenvalue weighted by molar-refractivity contribution is 6.21. The van der Waals surface area contributed by atoms with Crippen LogP contribution in [-0.2, 0) is 28.6 Å². The Balaban J connectivity index is 1.94. The van der Waals surface area contributed by atoms with Gasteiger partial charge in [0.05, 0.1) is 41.2 Å². The van der Waals surface area contributed by atoms with E-state index in [-0.39, 0.29) is 44.7 Å². The summed E-state index contributed by atoms with van der Waals surface area (Å²) < 4.78 is 29.7. The summed E-state index contributed by atoms with van der Waals surface area (Å²) >= 11 is 0. The van der Waals surface area contributed by atoms with E-state index in [1.165, 1.54) is 64.3 Å². The first-order valence-electron chi connectivity index (χ1n) is 19.6. The van der Waals surface area contributed by atoms with Gasteiger partial charge in [-0.25, -0.2) is 5.01 Å². The molecular weight excluding hydrogens is 766 g/mol. The topological polar surface area (TPSA) is 214 Å². The fourth-order valence-corrected chi connectivity index (χ4v) is 7.64. The number of hydrogen-bond donors (Lipinski definition) is 5. The number of likely N-dealkylation sites (N-methyl/N-ethyl adjacent to an activating group) is 1. The number of carbonyl (C=O) groups is 4. The fourth-order valence-electron chi connectivity index (χ4n) is 7.64. The number of aromatic hydroxyl groups is 2. The number of hydrogen-bond acceptors (Lipinski definition) is 14. The summed E-state index contributed by atoms with van der Waals surface area (Å²) in [5.41, 5.74) is -0.0467. The zero-order valence-electron chi connectivity index (χ0n) is 35.9. The number of nitrogens with one attached hydrogen (secondary N) is 1. The Kier molecular flexibility index (Phi) is 14.8. The second kappa shape index (κ2) is 18.8. The maximum Gasteiger partial charge on any atom is 0.312 e. The molecule has 9 atom stereocenters. The van der Waals surface area contributed by atoms with Gasteiger partial charge in [-0.3, -0.25) is 24.2 Å². The predicted molar refractivity (Wildman–Crippen MR) is 219 cm³/mol. The molecule has 0 saturated heterocycles. The standard InChI is InChI=1S/C43H59N3O13/c1-13-46(45(10)11)31(48)20-56-30-19-28-38(52)33-32(30)34-40(26(7)37(33)51)59-43(9,41(34)53)57-18-17-29(55-12)23(4)39(58-27(8)47)25(6)36(50)24(5)35(49)21(2)15-14-16-22(3)42(54)44-28/h14-19,21,23-25,29,35-36,39,49-52H,13,20H2,1-12H3,(H,44,54)/b15-14+,18-17+,22-16+. The number of carbonyl (C=O) groups excluding carboxylic acids is 4. The molecule has 5 rings (SSSR count). The van der Waals surface area contributed by atoms with Crippen LogP contribution in [-0.4, -0.2) is 119 Å². The molecular formula is C43H59N3O13. The highest BCUT2D eigenvalue weighted by atomic mass is 16.7. The van der Waals surface area contributed by atoms with Gasteiger partial charge in [-0.2, -0.15) is 0 Å². The van der Waals surface area contributed by atoms with Crippen molar-refractivity contribution in [3.63, 3.8) is 0 Å². The van der Waals surface area contributed by atoms with Gasteiger partial charge in [0.25, 0.3) is 17.6 Å². The number of esters is 1. The number of Topliss-reactive ketones (excluding diaryl/α,β-unsaturated/α-hetero) is 1. The van der Waals surface area contributed by atoms with Gasteiger partial charge in [0.15, 0.2) is 12.4 Å². The third-order valence-electron chi connectivity index (χ3n) is 11.2. The number of ether oxygens (including phenoxy) is 5. The summed E-state index contributed by atoms with van der Waals surface area (Å²) in [5, 5.41) is 51.4. The maximum absolute atomic E-state index is 14.5. The molecule has 0 saturated carbocycles. The minimum atomic E-state index is -2.03. The van der Waals surface area contributed by atoms with Crippen LogP contribution in [0.15, 0.2) is 42.2 Å². The van der Waals surface area contributed by atoms with Crippen LogP contribution in [0.2, 0.25) is 0 Å². The van der Waals surface area contributed by atoms with Crippen LogP contribution >= 0.6 is 0 Å². The third-order valence-corrected chi connectivity index (χ3v) is 11.2. The number of ketones is 1. The molecule has 5 bridgehead atoms. The lowest BCUT2D eigenvalue weighted by molar-refractivity contribution is -0.160. The molecule has 0 radical (unpaired) electrons. The number of rotatable bonds is 7. The lowest BCUT2D eigenvalue weighted by atomic mass is 9.78. The zero-order chi connectivity index (χ0) is 44.3. The lowest BCUT2D eigenvalue weighted by Crippen LogP contribution is -2.46. The van der Waals surface area contributed by atoms with E-state index in [0.29, 0.717) is 6.54 Å². The Hall–Kier alpha value is -5.16. The molecule has 3 aliphatic rings. The van der Waals surface area contributed by atoms with Crippen molar-refractivity contribution in [3.8, 4) is 23.0 Å². The van der Waals surface area contributed by atoms with Gasteiger partial charge in [-0.15, -0.1) is 0 Å². The molecule has 16 heteroatoms. The van der Waals surface area contributed by atoms with Crippen LogP contribution in [0.4, 0.5) is 5.69 Å². The van der Waals surface area contributed by atoms with E-state index in [2.05, 4.69) is 5.32 Å². The van der Waals surface area contributed by atoms with Crippen molar-refractivity contribution >= 4 is 40.0 Å². The highest BCUT2D eigenvalue weighted by Gasteiger charge is 2.50. The van der Waals surface area contributed by atoms with Crippen LogP contribution < -0.4 is 14.8 Å². The second-order valence-corrected chi connectivity index (χ2v) is 15.6. The largest absolute Gasteiger partial charge is 0.507 e. The summed E-state index contributed by atoms with van der Waals surface area (Å²) in [5.74, 6) is -8.19. The molecule has 59 heavy (non-hydrogen) atoms. The molecule has 324 valence electrons. The Morgan fingerprint density at radius 2 is 1.63 bits per heavy atom. The second-order valence-electron chi connectivity index (χ2n) is 15.6. The molecule has 2 aromatic carbocycles. The van der Waals surface area contributed by atoms with E-state index in [9.17, 15) is 39.6 Å². The number of hydrazine groups is 1. The number of fused-ring (bicyclic) bond motifs is 14. The molecule has 2 aromatic rings. The molecule has 0 fully saturated rings. The Bertz CT molecular complexity index is 2030. The molecule has 2 amide bonds. The number of nitrogens with zero attached hydrogens (tertiary/aromatic N) is 2. The van der Waals surface area contributed by atoms with Crippen molar-refractivity contribution in [1.29, 1.82) is 0 Å². The monoisotopic (exact) mass is 825 g/mol. The van der Waals surface area contributed by atoms with E-state index in [4.69, 9.17) is 23.7 Å². The molecule has 3 aliphatic heterocycles.